The van der Waals surface area contributed by atoms with Crippen molar-refractivity contribution in [2.45, 2.75) is 245 Å². The molecule has 0 saturated heterocycles. The summed E-state index contributed by atoms with van der Waals surface area (Å²) in [5, 5.41) is 0. The molecule has 0 radical (unpaired) electrons. The molecule has 0 spiro atoms. The molecule has 0 bridgehead atoms. The molecule has 1 N–H and O–H groups in total. The largest absolute Gasteiger partial charge is 0.472 e. The number of phosphoric acid groups is 1. The Bertz CT molecular complexity index is 823. The summed E-state index contributed by atoms with van der Waals surface area (Å²) in [6.45, 7) is 5.49. The van der Waals surface area contributed by atoms with Crippen molar-refractivity contribution in [3.63, 3.8) is 0 Å². The zero-order chi connectivity index (χ0) is 38.2. The maximum Gasteiger partial charge on any atom is 0.472 e. The molecule has 0 aromatic rings. The number of ether oxygens (including phenoxy) is 2. The van der Waals surface area contributed by atoms with Crippen LogP contribution in [0, 0.1) is 0 Å². The molecule has 8 nitrogen and oxygen atoms in total. The van der Waals surface area contributed by atoms with Crippen molar-refractivity contribution >= 4 is 19.8 Å². The highest BCUT2D eigenvalue weighted by molar-refractivity contribution is 7.47. The minimum absolute atomic E-state index is 0.00545. The van der Waals surface area contributed by atoms with Gasteiger partial charge in [-0.1, -0.05) is 206 Å². The molecule has 0 aromatic carbocycles. The van der Waals surface area contributed by atoms with Crippen LogP contribution in [0.25, 0.3) is 0 Å². The van der Waals surface area contributed by atoms with Gasteiger partial charge >= 0.3 is 19.8 Å². The molecule has 0 aliphatic heterocycles. The molecule has 2 unspecified atom stereocenters. The smallest absolute Gasteiger partial charge is 0.462 e. The SMILES string of the molecule is CCCCCCCCCCCCCCCCCCCCCCCCCC(=O)OC(COC(=O)CCCCCCCCCCC)COP(=O)(O)OCC. The summed E-state index contributed by atoms with van der Waals surface area (Å²) in [4.78, 5) is 34.6. The average Bonchev–Trinajstić information content (AvgIpc) is 3.12. The molecular formula is C43H85O8P. The highest BCUT2D eigenvalue weighted by atomic mass is 31.2. The van der Waals surface area contributed by atoms with Crippen molar-refractivity contribution in [1.82, 2.24) is 0 Å². The maximum absolute atomic E-state index is 12.5. The molecular weight excluding hydrogens is 675 g/mol. The second kappa shape index (κ2) is 39.7. The lowest BCUT2D eigenvalue weighted by Crippen LogP contribution is -2.29. The van der Waals surface area contributed by atoms with Gasteiger partial charge in [0.2, 0.25) is 0 Å². The first-order valence-electron chi connectivity index (χ1n) is 22.3. The third-order valence-electron chi connectivity index (χ3n) is 9.91. The van der Waals surface area contributed by atoms with Crippen LogP contribution in [0.5, 0.6) is 0 Å². The van der Waals surface area contributed by atoms with E-state index >= 15 is 0 Å². The standard InChI is InChI=1S/C43H85O8P/c1-4-7-9-11-13-15-16-17-18-19-20-21-22-23-24-25-26-27-28-30-32-34-36-38-43(45)51-41(40-50-52(46,47)49-6-3)39-48-42(44)37-35-33-31-29-14-12-10-8-5-2/h41H,4-40H2,1-3H3,(H,46,47). The van der Waals surface area contributed by atoms with Gasteiger partial charge in [-0.15, -0.1) is 0 Å². The van der Waals surface area contributed by atoms with Gasteiger partial charge in [0.25, 0.3) is 0 Å². The van der Waals surface area contributed by atoms with Crippen LogP contribution >= 0.6 is 7.82 Å². The predicted octanol–water partition coefficient (Wildman–Crippen LogP) is 13.9. The van der Waals surface area contributed by atoms with Crippen molar-refractivity contribution in [2.24, 2.45) is 0 Å². The molecule has 52 heavy (non-hydrogen) atoms. The second-order valence-electron chi connectivity index (χ2n) is 15.1. The summed E-state index contributed by atoms with van der Waals surface area (Å²) in [5.41, 5.74) is 0. The summed E-state index contributed by atoms with van der Waals surface area (Å²) in [6, 6.07) is 0. The van der Waals surface area contributed by atoms with Crippen LogP contribution in [0.3, 0.4) is 0 Å². The molecule has 310 valence electrons. The van der Waals surface area contributed by atoms with Gasteiger partial charge in [0.1, 0.15) is 6.61 Å². The zero-order valence-corrected chi connectivity index (χ0v) is 35.4. The summed E-state index contributed by atoms with van der Waals surface area (Å²) in [5.74, 6) is -0.785. The van der Waals surface area contributed by atoms with Crippen LogP contribution in [-0.2, 0) is 32.7 Å². The summed E-state index contributed by atoms with van der Waals surface area (Å²) in [6.07, 6.45) is 40.3. The molecule has 0 saturated carbocycles. The summed E-state index contributed by atoms with van der Waals surface area (Å²) < 4.78 is 32.6. The van der Waals surface area contributed by atoms with Crippen LogP contribution < -0.4 is 0 Å². The van der Waals surface area contributed by atoms with Crippen LogP contribution in [0.15, 0.2) is 0 Å². The highest BCUT2D eigenvalue weighted by Gasteiger charge is 2.25. The molecule has 0 fully saturated rings. The number of phosphoric ester groups is 1. The molecule has 2 atom stereocenters. The van der Waals surface area contributed by atoms with Crippen molar-refractivity contribution < 1.29 is 37.6 Å². The van der Waals surface area contributed by atoms with Crippen LogP contribution in [-0.4, -0.2) is 42.8 Å². The molecule has 9 heteroatoms. The Balaban J connectivity index is 3.89. The molecule has 0 aliphatic carbocycles. The van der Waals surface area contributed by atoms with Gasteiger partial charge in [0.05, 0.1) is 13.2 Å². The number of hydrogen-bond acceptors (Lipinski definition) is 7. The van der Waals surface area contributed by atoms with Crippen LogP contribution in [0.4, 0.5) is 0 Å². The van der Waals surface area contributed by atoms with Gasteiger partial charge in [-0.25, -0.2) is 4.57 Å². The van der Waals surface area contributed by atoms with Crippen molar-refractivity contribution in [1.29, 1.82) is 0 Å². The van der Waals surface area contributed by atoms with E-state index in [1.54, 1.807) is 6.92 Å². The van der Waals surface area contributed by atoms with Gasteiger partial charge in [-0.2, -0.15) is 0 Å². The fourth-order valence-corrected chi connectivity index (χ4v) is 7.39. The number of esters is 2. The predicted molar refractivity (Wildman–Crippen MR) is 217 cm³/mol. The average molecular weight is 761 g/mol. The quantitative estimate of drug-likeness (QED) is 0.0372. The molecule has 0 amide bonds. The maximum atomic E-state index is 12.5. The zero-order valence-electron chi connectivity index (χ0n) is 34.5. The van der Waals surface area contributed by atoms with E-state index in [1.165, 1.54) is 167 Å². The Morgan fingerprint density at radius 1 is 0.442 bits per heavy atom. The number of carbonyl (C=O) groups excluding carboxylic acids is 2. The Morgan fingerprint density at radius 2 is 0.750 bits per heavy atom. The normalized spacial score (nSPS) is 13.2. The monoisotopic (exact) mass is 761 g/mol. The number of rotatable bonds is 42. The van der Waals surface area contributed by atoms with Gasteiger partial charge < -0.3 is 14.4 Å². The van der Waals surface area contributed by atoms with E-state index in [1.807, 2.05) is 0 Å². The van der Waals surface area contributed by atoms with Gasteiger partial charge in [-0.3, -0.25) is 18.6 Å². The van der Waals surface area contributed by atoms with E-state index in [2.05, 4.69) is 13.8 Å². The Labute approximate surface area is 321 Å². The van der Waals surface area contributed by atoms with E-state index in [9.17, 15) is 19.0 Å². The fraction of sp³-hybridized carbons (Fsp3) is 0.953. The molecule has 0 aliphatic rings. The minimum Gasteiger partial charge on any atom is -0.462 e. The third-order valence-corrected chi connectivity index (χ3v) is 11.0. The lowest BCUT2D eigenvalue weighted by molar-refractivity contribution is -0.161. The first-order chi connectivity index (χ1) is 25.3. The molecule has 0 rings (SSSR count). The summed E-state index contributed by atoms with van der Waals surface area (Å²) >= 11 is 0. The fourth-order valence-electron chi connectivity index (χ4n) is 6.63. The lowest BCUT2D eigenvalue weighted by atomic mass is 10.0. The highest BCUT2D eigenvalue weighted by Crippen LogP contribution is 2.43. The van der Waals surface area contributed by atoms with Crippen molar-refractivity contribution in [2.75, 3.05) is 19.8 Å². The summed E-state index contributed by atoms with van der Waals surface area (Å²) in [7, 11) is -4.27. The number of carbonyl (C=O) groups is 2. The topological polar surface area (TPSA) is 108 Å². The van der Waals surface area contributed by atoms with Crippen molar-refractivity contribution in [3.05, 3.63) is 0 Å². The van der Waals surface area contributed by atoms with Gasteiger partial charge in [-0.05, 0) is 19.8 Å². The number of unbranched alkanes of at least 4 members (excludes halogenated alkanes) is 30. The Hall–Kier alpha value is -0.950. The van der Waals surface area contributed by atoms with E-state index in [4.69, 9.17) is 18.5 Å². The van der Waals surface area contributed by atoms with Crippen LogP contribution in [0.1, 0.15) is 239 Å². The van der Waals surface area contributed by atoms with E-state index in [-0.39, 0.29) is 32.2 Å². The van der Waals surface area contributed by atoms with Crippen LogP contribution in [0.2, 0.25) is 0 Å². The Kier molecular flexibility index (Phi) is 39.0. The van der Waals surface area contributed by atoms with E-state index in [0.29, 0.717) is 6.42 Å². The molecule has 0 aromatic heterocycles. The first-order valence-corrected chi connectivity index (χ1v) is 23.8. The van der Waals surface area contributed by atoms with Gasteiger partial charge in [0.15, 0.2) is 6.10 Å². The van der Waals surface area contributed by atoms with E-state index < -0.39 is 19.9 Å². The Morgan fingerprint density at radius 3 is 1.08 bits per heavy atom. The molecule has 0 heterocycles. The van der Waals surface area contributed by atoms with E-state index in [0.717, 1.165) is 38.5 Å². The third kappa shape index (κ3) is 38.8. The second-order valence-corrected chi connectivity index (χ2v) is 16.5. The van der Waals surface area contributed by atoms with Gasteiger partial charge in [0, 0.05) is 12.8 Å². The van der Waals surface area contributed by atoms with Crippen molar-refractivity contribution in [3.8, 4) is 0 Å². The minimum atomic E-state index is -4.27. The lowest BCUT2D eigenvalue weighted by Gasteiger charge is -2.19. The number of hydrogen-bond donors (Lipinski definition) is 1. The first kappa shape index (κ1) is 51.0.